The molecule has 0 aromatic heterocycles. The Bertz CT molecular complexity index is 1340. The van der Waals surface area contributed by atoms with Crippen LogP contribution in [0.5, 0.6) is 17.2 Å². The van der Waals surface area contributed by atoms with Crippen LogP contribution in [0, 0.1) is 11.6 Å². The molecule has 38 heavy (non-hydrogen) atoms. The monoisotopic (exact) mass is 526 g/mol. The number of rotatable bonds is 7. The number of halogens is 2. The smallest absolute Gasteiger partial charge is 0.415 e. The molecule has 1 aliphatic rings. The first-order valence-electron chi connectivity index (χ1n) is 11.9. The summed E-state index contributed by atoms with van der Waals surface area (Å²) < 4.78 is 51.3. The van der Waals surface area contributed by atoms with Crippen molar-refractivity contribution in [1.82, 2.24) is 4.90 Å². The van der Waals surface area contributed by atoms with Gasteiger partial charge in [-0.1, -0.05) is 24.3 Å². The fourth-order valence-electron chi connectivity index (χ4n) is 3.77. The van der Waals surface area contributed by atoms with E-state index in [0.717, 1.165) is 5.56 Å². The van der Waals surface area contributed by atoms with Gasteiger partial charge in [-0.2, -0.15) is 4.39 Å². The first-order chi connectivity index (χ1) is 18.0. The summed E-state index contributed by atoms with van der Waals surface area (Å²) in [4.78, 5) is 25.9. The minimum atomic E-state index is -0.839. The molecule has 200 valence electrons. The molecule has 0 saturated heterocycles. The predicted octanol–water partition coefficient (Wildman–Crippen LogP) is 6.41. The van der Waals surface area contributed by atoms with E-state index in [4.69, 9.17) is 18.9 Å². The number of benzene rings is 3. The van der Waals surface area contributed by atoms with E-state index in [0.29, 0.717) is 11.3 Å². The number of ether oxygens (including phenoxy) is 4. The van der Waals surface area contributed by atoms with Gasteiger partial charge in [-0.05, 0) is 56.7 Å². The van der Waals surface area contributed by atoms with Gasteiger partial charge in [-0.15, -0.1) is 0 Å². The summed E-state index contributed by atoms with van der Waals surface area (Å²) in [6.45, 7) is 5.01. The number of carbonyl (C=O) groups excluding carboxylic acids is 2. The van der Waals surface area contributed by atoms with Gasteiger partial charge in [0.05, 0.1) is 25.9 Å². The van der Waals surface area contributed by atoms with Crippen LogP contribution in [0.15, 0.2) is 54.6 Å². The van der Waals surface area contributed by atoms with Gasteiger partial charge >= 0.3 is 12.2 Å². The number of carbonyl (C=O) groups is 2. The van der Waals surface area contributed by atoms with Crippen LogP contribution in [-0.2, 0) is 24.4 Å². The van der Waals surface area contributed by atoms with Gasteiger partial charge in [0, 0.05) is 11.1 Å². The minimum Gasteiger partial charge on any atom is -0.497 e. The molecular formula is C28H28F2N2O6. The quantitative estimate of drug-likeness (QED) is 0.383. The average Bonchev–Trinajstić information content (AvgIpc) is 2.86. The summed E-state index contributed by atoms with van der Waals surface area (Å²) in [6, 6.07) is 14.6. The second-order valence-electron chi connectivity index (χ2n) is 9.63. The highest BCUT2D eigenvalue weighted by atomic mass is 19.1. The van der Waals surface area contributed by atoms with E-state index in [1.807, 2.05) is 0 Å². The van der Waals surface area contributed by atoms with Crippen LogP contribution >= 0.6 is 0 Å². The molecule has 8 nitrogen and oxygen atoms in total. The summed E-state index contributed by atoms with van der Waals surface area (Å²) in [6.07, 6.45) is -1.64. The number of nitrogens with zero attached hydrogens (tertiary/aromatic N) is 1. The summed E-state index contributed by atoms with van der Waals surface area (Å²) in [7, 11) is 1.56. The Hall–Kier alpha value is -4.34. The molecule has 0 spiro atoms. The summed E-state index contributed by atoms with van der Waals surface area (Å²) in [5.41, 5.74) is 0.504. The Morgan fingerprint density at radius 1 is 1.05 bits per heavy atom. The van der Waals surface area contributed by atoms with Crippen LogP contribution in [0.2, 0.25) is 0 Å². The van der Waals surface area contributed by atoms with E-state index in [9.17, 15) is 9.59 Å². The van der Waals surface area contributed by atoms with Gasteiger partial charge in [0.2, 0.25) is 5.82 Å². The topological polar surface area (TPSA) is 86.3 Å². The molecule has 10 heteroatoms. The van der Waals surface area contributed by atoms with Gasteiger partial charge in [0.1, 0.15) is 18.0 Å². The number of methoxy groups -OCH3 is 1. The molecule has 0 fully saturated rings. The third kappa shape index (κ3) is 6.31. The predicted molar refractivity (Wildman–Crippen MR) is 135 cm³/mol. The van der Waals surface area contributed by atoms with Crippen molar-refractivity contribution < 1.29 is 37.3 Å². The number of fused-ring (bicyclic) bond motifs is 1. The van der Waals surface area contributed by atoms with Crippen molar-refractivity contribution in [2.24, 2.45) is 0 Å². The lowest BCUT2D eigenvalue weighted by molar-refractivity contribution is 0.0635. The molecule has 0 unspecified atom stereocenters. The van der Waals surface area contributed by atoms with E-state index in [-0.39, 0.29) is 42.4 Å². The molecule has 1 N–H and O–H groups in total. The highest BCUT2D eigenvalue weighted by Crippen LogP contribution is 2.36. The fraction of sp³-hybridized carbons (Fsp3) is 0.286. The van der Waals surface area contributed by atoms with Crippen LogP contribution in [-0.4, -0.2) is 29.8 Å². The van der Waals surface area contributed by atoms with Crippen LogP contribution in [0.3, 0.4) is 0 Å². The van der Waals surface area contributed by atoms with Crippen LogP contribution in [0.1, 0.15) is 37.5 Å². The van der Waals surface area contributed by atoms with Crippen molar-refractivity contribution in [3.8, 4) is 17.2 Å². The van der Waals surface area contributed by atoms with E-state index < -0.39 is 29.4 Å². The molecule has 1 heterocycles. The zero-order valence-electron chi connectivity index (χ0n) is 21.5. The van der Waals surface area contributed by atoms with Crippen LogP contribution < -0.4 is 19.5 Å². The normalized spacial score (nSPS) is 12.9. The van der Waals surface area contributed by atoms with E-state index >= 15 is 8.78 Å². The van der Waals surface area contributed by atoms with Crippen molar-refractivity contribution in [3.05, 3.63) is 82.9 Å². The molecule has 1 aliphatic heterocycles. The number of nitrogens with one attached hydrogen (secondary N) is 1. The molecule has 2 amide bonds. The third-order valence-electron chi connectivity index (χ3n) is 5.58. The lowest BCUT2D eigenvalue weighted by Crippen LogP contribution is -2.37. The van der Waals surface area contributed by atoms with Gasteiger partial charge in [0.25, 0.3) is 0 Å². The van der Waals surface area contributed by atoms with E-state index in [1.165, 1.54) is 23.1 Å². The fourth-order valence-corrected chi connectivity index (χ4v) is 3.77. The molecular weight excluding hydrogens is 498 g/mol. The Labute approximate surface area is 219 Å². The number of anilines is 1. The molecule has 0 atom stereocenters. The number of hydrogen-bond acceptors (Lipinski definition) is 6. The highest BCUT2D eigenvalue weighted by molar-refractivity contribution is 5.85. The summed E-state index contributed by atoms with van der Waals surface area (Å²) in [5.74, 6) is -1.10. The molecule has 4 rings (SSSR count). The molecule has 0 bridgehead atoms. The molecule has 3 aromatic rings. The number of hydrogen-bond donors (Lipinski definition) is 1. The Balaban J connectivity index is 1.44. The van der Waals surface area contributed by atoms with Gasteiger partial charge in [0.15, 0.2) is 17.3 Å². The molecule has 3 aromatic carbocycles. The van der Waals surface area contributed by atoms with E-state index in [1.54, 1.807) is 64.3 Å². The Morgan fingerprint density at radius 2 is 1.79 bits per heavy atom. The maximum absolute atomic E-state index is 15.1. The standard InChI is InChI=1S/C28H28F2N2O6/c1-28(2,3)38-26(33)31-21-7-5-6-18(23(21)29)14-32-15-19-10-13-22(24(30)25(19)37-27(32)34)36-16-17-8-11-20(35-4)12-9-17/h5-13H,14-16H2,1-4H3,(H,31,33). The summed E-state index contributed by atoms with van der Waals surface area (Å²) >= 11 is 0. The minimum absolute atomic E-state index is 0.00694. The molecule has 0 aliphatic carbocycles. The van der Waals surface area contributed by atoms with Crippen molar-refractivity contribution in [2.45, 2.75) is 46.1 Å². The Kier molecular flexibility index (Phi) is 7.70. The zero-order chi connectivity index (χ0) is 27.4. The van der Waals surface area contributed by atoms with Crippen molar-refractivity contribution in [1.29, 1.82) is 0 Å². The lowest BCUT2D eigenvalue weighted by atomic mass is 10.1. The van der Waals surface area contributed by atoms with Crippen LogP contribution in [0.25, 0.3) is 0 Å². The van der Waals surface area contributed by atoms with Gasteiger partial charge < -0.3 is 18.9 Å². The maximum atomic E-state index is 15.1. The third-order valence-corrected chi connectivity index (χ3v) is 5.58. The first-order valence-corrected chi connectivity index (χ1v) is 11.9. The SMILES string of the molecule is COc1ccc(COc2ccc3c(c2F)OC(=O)N(Cc2cccc(NC(=O)OC(C)(C)C)c2F)C3)cc1. The van der Waals surface area contributed by atoms with Gasteiger partial charge in [-0.25, -0.2) is 14.0 Å². The Morgan fingerprint density at radius 3 is 2.47 bits per heavy atom. The lowest BCUT2D eigenvalue weighted by Gasteiger charge is -2.29. The van der Waals surface area contributed by atoms with Crippen molar-refractivity contribution in [3.63, 3.8) is 0 Å². The second-order valence-corrected chi connectivity index (χ2v) is 9.63. The molecule has 0 radical (unpaired) electrons. The van der Waals surface area contributed by atoms with Crippen LogP contribution in [0.4, 0.5) is 24.1 Å². The molecule has 0 saturated carbocycles. The first kappa shape index (κ1) is 26.7. The zero-order valence-corrected chi connectivity index (χ0v) is 21.5. The number of amides is 2. The second kappa shape index (κ2) is 11.0. The van der Waals surface area contributed by atoms with E-state index in [2.05, 4.69) is 5.32 Å². The van der Waals surface area contributed by atoms with Gasteiger partial charge in [-0.3, -0.25) is 10.2 Å². The average molecular weight is 527 g/mol. The summed E-state index contributed by atoms with van der Waals surface area (Å²) in [5, 5.41) is 2.37. The van der Waals surface area contributed by atoms with Crippen molar-refractivity contribution in [2.75, 3.05) is 12.4 Å². The largest absolute Gasteiger partial charge is 0.497 e. The maximum Gasteiger partial charge on any atom is 0.415 e. The highest BCUT2D eigenvalue weighted by Gasteiger charge is 2.30. The van der Waals surface area contributed by atoms with Crippen molar-refractivity contribution >= 4 is 17.9 Å².